The Balaban J connectivity index is 1.45. The van der Waals surface area contributed by atoms with Crippen molar-refractivity contribution in [3.8, 4) is 22.7 Å². The summed E-state index contributed by atoms with van der Waals surface area (Å²) in [6.07, 6.45) is 3.81. The van der Waals surface area contributed by atoms with Crippen molar-refractivity contribution in [2.24, 2.45) is 0 Å². The molecule has 3 aromatic carbocycles. The van der Waals surface area contributed by atoms with E-state index in [4.69, 9.17) is 22.1 Å². The fourth-order valence-electron chi connectivity index (χ4n) is 3.68. The molecular weight excluding hydrogens is 474 g/mol. The van der Waals surface area contributed by atoms with Crippen molar-refractivity contribution in [3.63, 3.8) is 0 Å². The molecule has 5 nitrogen and oxygen atoms in total. The molecule has 0 unspecified atom stereocenters. The van der Waals surface area contributed by atoms with E-state index in [-0.39, 0.29) is 5.91 Å². The average molecular weight is 498 g/mol. The maximum absolute atomic E-state index is 12.6. The van der Waals surface area contributed by atoms with Crippen molar-refractivity contribution in [3.05, 3.63) is 107 Å². The zero-order chi connectivity index (χ0) is 24.4. The summed E-state index contributed by atoms with van der Waals surface area (Å²) < 4.78 is 8.35. The van der Waals surface area contributed by atoms with Gasteiger partial charge in [0.25, 0.3) is 5.91 Å². The normalized spacial score (nSPS) is 14.7. The van der Waals surface area contributed by atoms with Gasteiger partial charge in [0, 0.05) is 24.4 Å². The van der Waals surface area contributed by atoms with Crippen molar-refractivity contribution in [1.82, 2.24) is 14.7 Å². The maximum atomic E-state index is 12.6. The third kappa shape index (κ3) is 5.06. The Labute approximate surface area is 214 Å². The number of ether oxygens (including phenoxy) is 1. The fourth-order valence-corrected chi connectivity index (χ4v) is 4.85. The molecule has 1 aliphatic heterocycles. The van der Waals surface area contributed by atoms with Gasteiger partial charge in [0.1, 0.15) is 16.7 Å². The summed E-state index contributed by atoms with van der Waals surface area (Å²) in [6.45, 7) is 2.58. The van der Waals surface area contributed by atoms with Crippen LogP contribution in [0.2, 0.25) is 0 Å². The minimum atomic E-state index is -0.0988. The van der Waals surface area contributed by atoms with Crippen LogP contribution in [0.1, 0.15) is 16.7 Å². The smallest absolute Gasteiger partial charge is 0.265 e. The first kappa shape index (κ1) is 23.1. The van der Waals surface area contributed by atoms with E-state index in [1.54, 1.807) is 7.05 Å². The van der Waals surface area contributed by atoms with E-state index < -0.39 is 0 Å². The number of aromatic nitrogens is 2. The Morgan fingerprint density at radius 1 is 1.00 bits per heavy atom. The highest BCUT2D eigenvalue weighted by Crippen LogP contribution is 2.34. The van der Waals surface area contributed by atoms with Gasteiger partial charge in [-0.2, -0.15) is 5.10 Å². The van der Waals surface area contributed by atoms with Crippen LogP contribution in [0.15, 0.2) is 90.0 Å². The zero-order valence-corrected chi connectivity index (χ0v) is 21.0. The van der Waals surface area contributed by atoms with Crippen LogP contribution in [0.3, 0.4) is 0 Å². The summed E-state index contributed by atoms with van der Waals surface area (Å²) in [5.74, 6) is 0.684. The van der Waals surface area contributed by atoms with Crippen molar-refractivity contribution in [2.75, 3.05) is 7.05 Å². The van der Waals surface area contributed by atoms with E-state index >= 15 is 0 Å². The van der Waals surface area contributed by atoms with Gasteiger partial charge in [-0.15, -0.1) is 0 Å². The number of carbonyl (C=O) groups is 1. The molecule has 35 heavy (non-hydrogen) atoms. The lowest BCUT2D eigenvalue weighted by atomic mass is 10.1. The van der Waals surface area contributed by atoms with Crippen LogP contribution in [0, 0.1) is 6.92 Å². The number of rotatable bonds is 6. The minimum Gasteiger partial charge on any atom is -0.489 e. The highest BCUT2D eigenvalue weighted by atomic mass is 32.2. The van der Waals surface area contributed by atoms with Gasteiger partial charge < -0.3 is 4.74 Å². The fraction of sp³-hybridized carbons (Fsp3) is 0.107. The highest BCUT2D eigenvalue weighted by molar-refractivity contribution is 8.26. The quantitative estimate of drug-likeness (QED) is 0.233. The second kappa shape index (κ2) is 9.90. The lowest BCUT2D eigenvalue weighted by Crippen LogP contribution is -2.22. The second-order valence-electron chi connectivity index (χ2n) is 8.25. The monoisotopic (exact) mass is 497 g/mol. The SMILES string of the molecule is Cc1ccc(COc2ccc(-c3nn(-c4ccccc4)cc3C=C3SC(=S)N(C)C3=O)cc2)cc1. The molecule has 0 N–H and O–H groups in total. The van der Waals surface area contributed by atoms with Gasteiger partial charge >= 0.3 is 0 Å². The van der Waals surface area contributed by atoms with Gasteiger partial charge in [-0.1, -0.05) is 72.0 Å². The van der Waals surface area contributed by atoms with Gasteiger partial charge in [-0.05, 0) is 55.0 Å². The number of benzene rings is 3. The van der Waals surface area contributed by atoms with Gasteiger partial charge in [0.2, 0.25) is 0 Å². The molecule has 1 amide bonds. The van der Waals surface area contributed by atoms with E-state index in [1.165, 1.54) is 22.2 Å². The standard InChI is InChI=1S/C28H23N3O2S2/c1-19-8-10-20(11-9-19)18-33-24-14-12-21(13-15-24)26-22(16-25-27(32)30(2)28(34)35-25)17-31(29-26)23-6-4-3-5-7-23/h3-17H,18H2,1-2H3. The van der Waals surface area contributed by atoms with Gasteiger partial charge in [0.15, 0.2) is 0 Å². The molecule has 4 aromatic rings. The number of carbonyl (C=O) groups excluding carboxylic acids is 1. The van der Waals surface area contributed by atoms with Crippen LogP contribution >= 0.6 is 24.0 Å². The molecule has 1 fully saturated rings. The van der Waals surface area contributed by atoms with Crippen molar-refractivity contribution >= 4 is 40.3 Å². The molecule has 174 valence electrons. The number of thioether (sulfide) groups is 1. The molecule has 0 bridgehead atoms. The van der Waals surface area contributed by atoms with E-state index in [2.05, 4.69) is 31.2 Å². The number of hydrogen-bond acceptors (Lipinski definition) is 5. The van der Waals surface area contributed by atoms with Gasteiger partial charge in [0.05, 0.1) is 16.3 Å². The van der Waals surface area contributed by atoms with Crippen molar-refractivity contribution < 1.29 is 9.53 Å². The topological polar surface area (TPSA) is 47.4 Å². The first-order valence-corrected chi connectivity index (χ1v) is 12.4. The van der Waals surface area contributed by atoms with Gasteiger partial charge in [-0.3, -0.25) is 9.69 Å². The first-order chi connectivity index (χ1) is 17.0. The van der Waals surface area contributed by atoms with Crippen LogP contribution in [0.25, 0.3) is 23.0 Å². The van der Waals surface area contributed by atoms with Crippen LogP contribution in [-0.4, -0.2) is 32.0 Å². The number of amides is 1. The average Bonchev–Trinajstić information content (AvgIpc) is 3.41. The number of hydrogen-bond donors (Lipinski definition) is 0. The largest absolute Gasteiger partial charge is 0.489 e. The number of likely N-dealkylation sites (N-methyl/N-ethyl adjacent to an activating group) is 1. The summed E-state index contributed by atoms with van der Waals surface area (Å²) in [7, 11) is 1.70. The second-order valence-corrected chi connectivity index (χ2v) is 9.93. The van der Waals surface area contributed by atoms with E-state index in [9.17, 15) is 4.79 Å². The first-order valence-electron chi connectivity index (χ1n) is 11.1. The summed E-state index contributed by atoms with van der Waals surface area (Å²) in [5.41, 5.74) is 5.84. The highest BCUT2D eigenvalue weighted by Gasteiger charge is 2.29. The predicted octanol–water partition coefficient (Wildman–Crippen LogP) is 6.26. The summed E-state index contributed by atoms with van der Waals surface area (Å²) >= 11 is 6.60. The number of thiocarbonyl (C=S) groups is 1. The maximum Gasteiger partial charge on any atom is 0.265 e. The lowest BCUT2D eigenvalue weighted by Gasteiger charge is -2.08. The number of nitrogens with zero attached hydrogens (tertiary/aromatic N) is 3. The van der Waals surface area contributed by atoms with Crippen molar-refractivity contribution in [1.29, 1.82) is 0 Å². The third-order valence-corrected chi connectivity index (χ3v) is 7.18. The Kier molecular flexibility index (Phi) is 6.53. The van der Waals surface area contributed by atoms with Crippen LogP contribution < -0.4 is 4.74 Å². The molecule has 0 radical (unpaired) electrons. The lowest BCUT2D eigenvalue weighted by molar-refractivity contribution is -0.121. The van der Waals surface area contributed by atoms with E-state index in [0.717, 1.165) is 33.8 Å². The Hall–Kier alpha value is -3.68. The molecular formula is C28H23N3O2S2. The molecule has 0 saturated carbocycles. The third-order valence-electron chi connectivity index (χ3n) is 5.69. The number of aryl methyl sites for hydroxylation is 1. The summed E-state index contributed by atoms with van der Waals surface area (Å²) in [4.78, 5) is 14.7. The van der Waals surface area contributed by atoms with Gasteiger partial charge in [-0.25, -0.2) is 4.68 Å². The molecule has 1 aliphatic rings. The molecule has 7 heteroatoms. The van der Waals surface area contributed by atoms with E-state index in [1.807, 2.05) is 71.6 Å². The molecule has 0 atom stereocenters. The van der Waals surface area contributed by atoms with Crippen LogP contribution in [0.5, 0.6) is 5.75 Å². The molecule has 0 aliphatic carbocycles. The number of para-hydroxylation sites is 1. The molecule has 0 spiro atoms. The van der Waals surface area contributed by atoms with Crippen molar-refractivity contribution in [2.45, 2.75) is 13.5 Å². The molecule has 1 saturated heterocycles. The predicted molar refractivity (Wildman–Crippen MR) is 145 cm³/mol. The zero-order valence-electron chi connectivity index (χ0n) is 19.3. The van der Waals surface area contributed by atoms with Crippen LogP contribution in [0.4, 0.5) is 0 Å². The minimum absolute atomic E-state index is 0.0988. The Bertz CT molecular complexity index is 1410. The molecule has 2 heterocycles. The molecule has 5 rings (SSSR count). The molecule has 1 aromatic heterocycles. The van der Waals surface area contributed by atoms with E-state index in [0.29, 0.717) is 15.8 Å². The summed E-state index contributed by atoms with van der Waals surface area (Å²) in [6, 6.07) is 26.1. The summed E-state index contributed by atoms with van der Waals surface area (Å²) in [5, 5.41) is 4.85. The Morgan fingerprint density at radius 3 is 2.37 bits per heavy atom. The van der Waals surface area contributed by atoms with Crippen LogP contribution in [-0.2, 0) is 11.4 Å². The Morgan fingerprint density at radius 2 is 1.71 bits per heavy atom.